The Kier molecular flexibility index (Phi) is 4.25. The van der Waals surface area contributed by atoms with Gasteiger partial charge in [0.1, 0.15) is 16.5 Å². The standard InChI is InChI=1S/C9H10BrClN2OS/c10-7-8(11)12-5-13-9(7)15-6-1-3-14-4-2-6/h5-6H,1-4H2. The highest BCUT2D eigenvalue weighted by molar-refractivity contribution is 9.10. The molecule has 0 radical (unpaired) electrons. The van der Waals surface area contributed by atoms with Crippen LogP contribution in [0.5, 0.6) is 0 Å². The van der Waals surface area contributed by atoms with E-state index in [4.69, 9.17) is 16.3 Å². The van der Waals surface area contributed by atoms with E-state index >= 15 is 0 Å². The molecule has 2 heterocycles. The van der Waals surface area contributed by atoms with Gasteiger partial charge < -0.3 is 4.74 Å². The summed E-state index contributed by atoms with van der Waals surface area (Å²) >= 11 is 11.0. The molecule has 0 saturated carbocycles. The third-order valence-electron chi connectivity index (χ3n) is 2.16. The van der Waals surface area contributed by atoms with Crippen molar-refractivity contribution < 1.29 is 4.74 Å². The molecular weight excluding hydrogens is 300 g/mol. The molecule has 1 fully saturated rings. The topological polar surface area (TPSA) is 35.0 Å². The summed E-state index contributed by atoms with van der Waals surface area (Å²) in [6.45, 7) is 1.68. The van der Waals surface area contributed by atoms with Gasteiger partial charge in [0.05, 0.1) is 4.47 Å². The lowest BCUT2D eigenvalue weighted by atomic mass is 10.2. The summed E-state index contributed by atoms with van der Waals surface area (Å²) in [4.78, 5) is 8.11. The van der Waals surface area contributed by atoms with Crippen molar-refractivity contribution in [1.82, 2.24) is 9.97 Å². The van der Waals surface area contributed by atoms with Crippen molar-refractivity contribution >= 4 is 39.3 Å². The van der Waals surface area contributed by atoms with E-state index in [0.29, 0.717) is 10.4 Å². The summed E-state index contributed by atoms with van der Waals surface area (Å²) in [6, 6.07) is 0. The SMILES string of the molecule is Clc1ncnc(SC2CCOCC2)c1Br. The second kappa shape index (κ2) is 5.48. The molecule has 0 aliphatic carbocycles. The molecule has 0 bridgehead atoms. The van der Waals surface area contributed by atoms with Gasteiger partial charge in [0.15, 0.2) is 0 Å². The van der Waals surface area contributed by atoms with Gasteiger partial charge in [-0.05, 0) is 28.8 Å². The normalized spacial score (nSPS) is 18.0. The minimum absolute atomic E-state index is 0.472. The van der Waals surface area contributed by atoms with Crippen LogP contribution in [0.2, 0.25) is 5.15 Å². The molecule has 0 spiro atoms. The zero-order valence-corrected chi connectivity index (χ0v) is 11.1. The average molecular weight is 310 g/mol. The number of halogens is 2. The number of rotatable bonds is 2. The van der Waals surface area contributed by atoms with Gasteiger partial charge in [0, 0.05) is 18.5 Å². The highest BCUT2D eigenvalue weighted by Crippen LogP contribution is 2.35. The van der Waals surface area contributed by atoms with Crippen molar-refractivity contribution in [3.63, 3.8) is 0 Å². The van der Waals surface area contributed by atoms with Gasteiger partial charge in [-0.1, -0.05) is 11.6 Å². The fourth-order valence-electron chi connectivity index (χ4n) is 1.37. The minimum atomic E-state index is 0.472. The fraction of sp³-hybridized carbons (Fsp3) is 0.556. The van der Waals surface area contributed by atoms with Gasteiger partial charge >= 0.3 is 0 Å². The van der Waals surface area contributed by atoms with Crippen LogP contribution in [0.3, 0.4) is 0 Å². The fourth-order valence-corrected chi connectivity index (χ4v) is 3.09. The Bertz CT molecular complexity index is 347. The lowest BCUT2D eigenvalue weighted by Gasteiger charge is -2.21. The maximum atomic E-state index is 5.90. The third kappa shape index (κ3) is 3.06. The molecule has 1 saturated heterocycles. The summed E-state index contributed by atoms with van der Waals surface area (Å²) in [5, 5.41) is 1.96. The number of hydrogen-bond donors (Lipinski definition) is 0. The second-order valence-corrected chi connectivity index (χ2v) is 5.65. The monoisotopic (exact) mass is 308 g/mol. The van der Waals surface area contributed by atoms with Crippen LogP contribution in [0.1, 0.15) is 12.8 Å². The maximum absolute atomic E-state index is 5.90. The molecule has 1 aromatic rings. The van der Waals surface area contributed by atoms with E-state index in [9.17, 15) is 0 Å². The van der Waals surface area contributed by atoms with E-state index in [1.807, 2.05) is 0 Å². The molecule has 3 nitrogen and oxygen atoms in total. The summed E-state index contributed by atoms with van der Waals surface area (Å²) in [5.74, 6) is 0. The first kappa shape index (κ1) is 11.6. The number of nitrogens with zero attached hydrogens (tertiary/aromatic N) is 2. The predicted molar refractivity (Wildman–Crippen MR) is 64.4 cm³/mol. The van der Waals surface area contributed by atoms with E-state index in [1.165, 1.54) is 6.33 Å². The molecule has 0 N–H and O–H groups in total. The highest BCUT2D eigenvalue weighted by Gasteiger charge is 2.18. The van der Waals surface area contributed by atoms with Crippen molar-refractivity contribution in [2.75, 3.05) is 13.2 Å². The quantitative estimate of drug-likeness (QED) is 0.786. The Morgan fingerprint density at radius 3 is 2.87 bits per heavy atom. The molecule has 1 aromatic heterocycles. The molecular formula is C9H10BrClN2OS. The smallest absolute Gasteiger partial charge is 0.147 e. The molecule has 0 atom stereocenters. The van der Waals surface area contributed by atoms with Crippen LogP contribution in [-0.2, 0) is 4.74 Å². The minimum Gasteiger partial charge on any atom is -0.381 e. The van der Waals surface area contributed by atoms with E-state index < -0.39 is 0 Å². The largest absolute Gasteiger partial charge is 0.381 e. The van der Waals surface area contributed by atoms with E-state index in [1.54, 1.807) is 11.8 Å². The van der Waals surface area contributed by atoms with Crippen molar-refractivity contribution in [2.24, 2.45) is 0 Å². The lowest BCUT2D eigenvalue weighted by Crippen LogP contribution is -2.17. The van der Waals surface area contributed by atoms with Crippen molar-refractivity contribution in [1.29, 1.82) is 0 Å². The summed E-state index contributed by atoms with van der Waals surface area (Å²) < 4.78 is 6.10. The van der Waals surface area contributed by atoms with Gasteiger partial charge in [-0.15, -0.1) is 11.8 Å². The molecule has 1 aliphatic rings. The number of hydrogen-bond acceptors (Lipinski definition) is 4. The van der Waals surface area contributed by atoms with Crippen LogP contribution in [0, 0.1) is 0 Å². The molecule has 82 valence electrons. The van der Waals surface area contributed by atoms with E-state index in [0.717, 1.165) is 35.6 Å². The van der Waals surface area contributed by atoms with Crippen molar-refractivity contribution in [3.05, 3.63) is 16.0 Å². The predicted octanol–water partition coefficient (Wildman–Crippen LogP) is 3.16. The summed E-state index contributed by atoms with van der Waals surface area (Å²) in [6.07, 6.45) is 3.63. The van der Waals surface area contributed by atoms with Crippen LogP contribution in [0.15, 0.2) is 15.8 Å². The molecule has 0 amide bonds. The average Bonchev–Trinajstić information content (AvgIpc) is 2.26. The Morgan fingerprint density at radius 1 is 1.40 bits per heavy atom. The molecule has 0 aromatic carbocycles. The first-order valence-electron chi connectivity index (χ1n) is 4.68. The zero-order chi connectivity index (χ0) is 10.7. The number of thioether (sulfide) groups is 1. The van der Waals surface area contributed by atoms with Crippen LogP contribution in [0.4, 0.5) is 0 Å². The number of aromatic nitrogens is 2. The van der Waals surface area contributed by atoms with E-state index in [2.05, 4.69) is 25.9 Å². The zero-order valence-electron chi connectivity index (χ0n) is 7.95. The molecule has 15 heavy (non-hydrogen) atoms. The molecule has 1 aliphatic heterocycles. The Labute approximate surface area is 106 Å². The molecule has 2 rings (SSSR count). The van der Waals surface area contributed by atoms with Gasteiger partial charge in [-0.25, -0.2) is 9.97 Å². The Hall–Kier alpha value is 0.160. The lowest BCUT2D eigenvalue weighted by molar-refractivity contribution is 0.1000. The van der Waals surface area contributed by atoms with Gasteiger partial charge in [0.25, 0.3) is 0 Å². The first-order chi connectivity index (χ1) is 7.27. The van der Waals surface area contributed by atoms with Crippen molar-refractivity contribution in [3.8, 4) is 0 Å². The van der Waals surface area contributed by atoms with Crippen LogP contribution in [0.25, 0.3) is 0 Å². The Morgan fingerprint density at radius 2 is 2.13 bits per heavy atom. The third-order valence-corrected chi connectivity index (χ3v) is 5.03. The van der Waals surface area contributed by atoms with E-state index in [-0.39, 0.29) is 0 Å². The Balaban J connectivity index is 2.06. The molecule has 6 heteroatoms. The maximum Gasteiger partial charge on any atom is 0.147 e. The van der Waals surface area contributed by atoms with Gasteiger partial charge in [0.2, 0.25) is 0 Å². The van der Waals surface area contributed by atoms with Crippen LogP contribution in [-0.4, -0.2) is 28.4 Å². The second-order valence-electron chi connectivity index (χ2n) is 3.21. The number of ether oxygens (including phenoxy) is 1. The first-order valence-corrected chi connectivity index (χ1v) is 6.73. The van der Waals surface area contributed by atoms with Crippen LogP contribution < -0.4 is 0 Å². The molecule has 0 unspecified atom stereocenters. The van der Waals surface area contributed by atoms with Crippen molar-refractivity contribution in [2.45, 2.75) is 23.1 Å². The van der Waals surface area contributed by atoms with Crippen LogP contribution >= 0.6 is 39.3 Å². The van der Waals surface area contributed by atoms with Gasteiger partial charge in [-0.3, -0.25) is 0 Å². The van der Waals surface area contributed by atoms with Gasteiger partial charge in [-0.2, -0.15) is 0 Å². The summed E-state index contributed by atoms with van der Waals surface area (Å²) in [7, 11) is 0. The summed E-state index contributed by atoms with van der Waals surface area (Å²) in [5.41, 5.74) is 0. The highest BCUT2D eigenvalue weighted by atomic mass is 79.9.